The second-order valence-corrected chi connectivity index (χ2v) is 14.0. The first kappa shape index (κ1) is 34.1. The van der Waals surface area contributed by atoms with Crippen LogP contribution in [0, 0.1) is 10.1 Å². The number of sulfonamides is 1. The van der Waals surface area contributed by atoms with E-state index in [-0.39, 0.29) is 29.2 Å². The SMILES string of the molecule is CC(C)(C)NC(=O)[C@@H](Cc1ccccc1)N(Cc1ccc(Cl)cc1)C(=O)CN(c1cccc([N+](=O)[O-])c1)S(=O)(=O)c1ccccc1. The lowest BCUT2D eigenvalue weighted by Crippen LogP contribution is -2.56. The van der Waals surface area contributed by atoms with E-state index in [1.807, 2.05) is 51.1 Å². The minimum Gasteiger partial charge on any atom is -0.350 e. The highest BCUT2D eigenvalue weighted by atomic mass is 35.5. The molecule has 0 heterocycles. The van der Waals surface area contributed by atoms with Crippen LogP contribution in [0.3, 0.4) is 0 Å². The van der Waals surface area contributed by atoms with E-state index in [0.29, 0.717) is 10.6 Å². The molecule has 4 aromatic carbocycles. The monoisotopic (exact) mass is 662 g/mol. The fourth-order valence-electron chi connectivity index (χ4n) is 4.80. The van der Waals surface area contributed by atoms with E-state index in [9.17, 15) is 28.1 Å². The number of amides is 2. The van der Waals surface area contributed by atoms with Gasteiger partial charge in [0.15, 0.2) is 0 Å². The minimum absolute atomic E-state index is 0.0424. The maximum Gasteiger partial charge on any atom is 0.271 e. The molecule has 46 heavy (non-hydrogen) atoms. The first-order chi connectivity index (χ1) is 21.7. The van der Waals surface area contributed by atoms with Crippen molar-refractivity contribution < 1.29 is 22.9 Å². The highest BCUT2D eigenvalue weighted by Gasteiger charge is 2.36. The van der Waals surface area contributed by atoms with Gasteiger partial charge in [-0.15, -0.1) is 0 Å². The molecule has 4 rings (SSSR count). The Morgan fingerprint density at radius 1 is 0.870 bits per heavy atom. The van der Waals surface area contributed by atoms with Gasteiger partial charge in [0.05, 0.1) is 15.5 Å². The van der Waals surface area contributed by atoms with Crippen molar-refractivity contribution in [3.8, 4) is 0 Å². The molecule has 10 nitrogen and oxygen atoms in total. The zero-order chi connectivity index (χ0) is 33.5. The summed E-state index contributed by atoms with van der Waals surface area (Å²) < 4.78 is 28.9. The molecule has 0 spiro atoms. The number of nitrogens with zero attached hydrogens (tertiary/aromatic N) is 3. The van der Waals surface area contributed by atoms with E-state index in [4.69, 9.17) is 11.6 Å². The maximum absolute atomic E-state index is 14.5. The fraction of sp³-hybridized carbons (Fsp3) is 0.235. The van der Waals surface area contributed by atoms with Crippen molar-refractivity contribution in [1.82, 2.24) is 10.2 Å². The van der Waals surface area contributed by atoms with E-state index in [2.05, 4.69) is 5.32 Å². The molecule has 0 bridgehead atoms. The Morgan fingerprint density at radius 3 is 2.07 bits per heavy atom. The molecule has 240 valence electrons. The summed E-state index contributed by atoms with van der Waals surface area (Å²) in [5.74, 6) is -1.11. The molecule has 0 fully saturated rings. The normalized spacial score (nSPS) is 12.2. The van der Waals surface area contributed by atoms with Gasteiger partial charge < -0.3 is 10.2 Å². The van der Waals surface area contributed by atoms with Gasteiger partial charge in [-0.1, -0.05) is 78.3 Å². The number of carbonyl (C=O) groups is 2. The standard InChI is InChI=1S/C34H35ClN4O6S/c1-34(2,3)36-33(41)31(21-25-11-6-4-7-12-25)37(23-26-17-19-27(35)20-18-26)32(40)24-38(28-13-10-14-29(22-28)39(42)43)46(44,45)30-15-8-5-9-16-30/h4-20,22,31H,21,23-24H2,1-3H3,(H,36,41)/t31-/m1/s1. The highest BCUT2D eigenvalue weighted by molar-refractivity contribution is 7.92. The predicted octanol–water partition coefficient (Wildman–Crippen LogP) is 6.00. The zero-order valence-electron chi connectivity index (χ0n) is 25.7. The van der Waals surface area contributed by atoms with Crippen molar-refractivity contribution >= 4 is 44.8 Å². The van der Waals surface area contributed by atoms with Gasteiger partial charge in [-0.2, -0.15) is 0 Å². The number of hydrogen-bond donors (Lipinski definition) is 1. The van der Waals surface area contributed by atoms with Crippen molar-refractivity contribution in [1.29, 1.82) is 0 Å². The Hall–Kier alpha value is -4.74. The van der Waals surface area contributed by atoms with E-state index in [1.165, 1.54) is 35.2 Å². The minimum atomic E-state index is -4.39. The molecule has 0 aliphatic rings. The van der Waals surface area contributed by atoms with E-state index in [1.54, 1.807) is 42.5 Å². The number of nitro groups is 1. The van der Waals surface area contributed by atoms with Gasteiger partial charge >= 0.3 is 0 Å². The molecule has 1 atom stereocenters. The van der Waals surface area contributed by atoms with Crippen molar-refractivity contribution in [2.24, 2.45) is 0 Å². The quantitative estimate of drug-likeness (QED) is 0.146. The van der Waals surface area contributed by atoms with Crippen LogP contribution in [0.1, 0.15) is 31.9 Å². The number of nitro benzene ring substituents is 1. The Bertz CT molecular complexity index is 1780. The summed E-state index contributed by atoms with van der Waals surface area (Å²) in [6.45, 7) is 4.70. The number of nitrogens with one attached hydrogen (secondary N) is 1. The number of halogens is 1. The van der Waals surface area contributed by atoms with Crippen LogP contribution in [0.2, 0.25) is 5.02 Å². The number of anilines is 1. The van der Waals surface area contributed by atoms with Crippen molar-refractivity contribution in [3.05, 3.63) is 135 Å². The average Bonchev–Trinajstić information content (AvgIpc) is 3.02. The second kappa shape index (κ2) is 14.6. The number of rotatable bonds is 12. The highest BCUT2D eigenvalue weighted by Crippen LogP contribution is 2.28. The summed E-state index contributed by atoms with van der Waals surface area (Å²) in [5, 5.41) is 15.1. The Labute approximate surface area is 273 Å². The van der Waals surface area contributed by atoms with E-state index < -0.39 is 44.9 Å². The smallest absolute Gasteiger partial charge is 0.271 e. The van der Waals surface area contributed by atoms with Gasteiger partial charge in [-0.3, -0.25) is 24.0 Å². The lowest BCUT2D eigenvalue weighted by atomic mass is 10.0. The molecule has 0 aliphatic heterocycles. The molecular weight excluding hydrogens is 628 g/mol. The van der Waals surface area contributed by atoms with Crippen LogP contribution in [-0.2, 0) is 32.6 Å². The molecule has 4 aromatic rings. The second-order valence-electron chi connectivity index (χ2n) is 11.7. The number of non-ortho nitro benzene ring substituents is 1. The molecule has 0 unspecified atom stereocenters. The topological polar surface area (TPSA) is 130 Å². The van der Waals surface area contributed by atoms with Crippen LogP contribution in [0.15, 0.2) is 114 Å². The zero-order valence-corrected chi connectivity index (χ0v) is 27.2. The molecule has 12 heteroatoms. The van der Waals surface area contributed by atoms with Crippen LogP contribution in [0.5, 0.6) is 0 Å². The van der Waals surface area contributed by atoms with E-state index >= 15 is 0 Å². The Kier molecular flexibility index (Phi) is 10.8. The number of carbonyl (C=O) groups excluding carboxylic acids is 2. The number of benzene rings is 4. The molecule has 0 saturated heterocycles. The lowest BCUT2D eigenvalue weighted by Gasteiger charge is -2.35. The van der Waals surface area contributed by atoms with E-state index in [0.717, 1.165) is 15.9 Å². The third-order valence-corrected chi connectivity index (χ3v) is 9.01. The van der Waals surface area contributed by atoms with Crippen LogP contribution in [0.25, 0.3) is 0 Å². The van der Waals surface area contributed by atoms with Crippen molar-refractivity contribution in [2.45, 2.75) is 50.2 Å². The molecule has 0 aliphatic carbocycles. The van der Waals surface area contributed by atoms with Crippen molar-refractivity contribution in [3.63, 3.8) is 0 Å². The summed E-state index contributed by atoms with van der Waals surface area (Å²) in [7, 11) is -4.39. The summed E-state index contributed by atoms with van der Waals surface area (Å²) in [5.41, 5.74) is 0.400. The van der Waals surface area contributed by atoms with Gasteiger partial charge in [-0.05, 0) is 62.2 Å². The van der Waals surface area contributed by atoms with Crippen LogP contribution < -0.4 is 9.62 Å². The summed E-state index contributed by atoms with van der Waals surface area (Å²) in [6, 6.07) is 27.5. The van der Waals surface area contributed by atoms with Gasteiger partial charge in [0, 0.05) is 35.7 Å². The predicted molar refractivity (Wildman–Crippen MR) is 178 cm³/mol. The third-order valence-electron chi connectivity index (χ3n) is 6.97. The molecular formula is C34H35ClN4O6S. The molecule has 0 aromatic heterocycles. The lowest BCUT2D eigenvalue weighted by molar-refractivity contribution is -0.384. The summed E-state index contributed by atoms with van der Waals surface area (Å²) in [6.07, 6.45) is 0.143. The molecule has 2 amide bonds. The fourth-order valence-corrected chi connectivity index (χ4v) is 6.36. The van der Waals surface area contributed by atoms with Gasteiger partial charge in [-0.25, -0.2) is 8.42 Å². The maximum atomic E-state index is 14.5. The largest absolute Gasteiger partial charge is 0.350 e. The Morgan fingerprint density at radius 2 is 1.48 bits per heavy atom. The average molecular weight is 663 g/mol. The van der Waals surface area contributed by atoms with Gasteiger partial charge in [0.1, 0.15) is 12.6 Å². The third kappa shape index (κ3) is 8.92. The van der Waals surface area contributed by atoms with Crippen LogP contribution in [0.4, 0.5) is 11.4 Å². The Balaban J connectivity index is 1.84. The van der Waals surface area contributed by atoms with Crippen LogP contribution >= 0.6 is 11.6 Å². The molecule has 0 radical (unpaired) electrons. The molecule has 0 saturated carbocycles. The first-order valence-electron chi connectivity index (χ1n) is 14.5. The summed E-state index contributed by atoms with van der Waals surface area (Å²) >= 11 is 6.12. The number of hydrogen-bond acceptors (Lipinski definition) is 6. The van der Waals surface area contributed by atoms with Crippen LogP contribution in [-0.4, -0.2) is 48.2 Å². The van der Waals surface area contributed by atoms with Gasteiger partial charge in [0.2, 0.25) is 11.8 Å². The molecule has 1 N–H and O–H groups in total. The van der Waals surface area contributed by atoms with Gasteiger partial charge in [0.25, 0.3) is 15.7 Å². The van der Waals surface area contributed by atoms with Crippen molar-refractivity contribution in [2.75, 3.05) is 10.8 Å². The summed E-state index contributed by atoms with van der Waals surface area (Å²) in [4.78, 5) is 40.6. The first-order valence-corrected chi connectivity index (χ1v) is 16.3.